The average molecular weight is 426 g/mol. The Morgan fingerprint density at radius 2 is 1.97 bits per heavy atom. The van der Waals surface area contributed by atoms with Gasteiger partial charge in [-0.1, -0.05) is 12.1 Å². The summed E-state index contributed by atoms with van der Waals surface area (Å²) in [6.07, 6.45) is 7.41. The number of amides is 1. The van der Waals surface area contributed by atoms with E-state index in [2.05, 4.69) is 24.8 Å². The molecule has 160 valence electrons. The number of pyridine rings is 3. The van der Waals surface area contributed by atoms with E-state index >= 15 is 0 Å². The normalized spacial score (nSPS) is 12.6. The van der Waals surface area contributed by atoms with E-state index in [0.29, 0.717) is 11.5 Å². The van der Waals surface area contributed by atoms with Gasteiger partial charge in [0.1, 0.15) is 17.1 Å². The number of rotatable bonds is 4. The van der Waals surface area contributed by atoms with Crippen LogP contribution in [0, 0.1) is 6.92 Å². The largest absolute Gasteiger partial charge is 0.327 e. The van der Waals surface area contributed by atoms with Gasteiger partial charge in [-0.25, -0.2) is 9.97 Å². The van der Waals surface area contributed by atoms with Crippen LogP contribution >= 0.6 is 0 Å². The van der Waals surface area contributed by atoms with Crippen LogP contribution in [0.5, 0.6) is 0 Å². The molecular formula is C24H22N6O2. The molecular weight excluding hydrogens is 404 g/mol. The number of aryl methyl sites for hydroxylation is 3. The van der Waals surface area contributed by atoms with Gasteiger partial charge in [-0.3, -0.25) is 14.6 Å². The van der Waals surface area contributed by atoms with E-state index < -0.39 is 5.91 Å². The quantitative estimate of drug-likeness (QED) is 0.541. The lowest BCUT2D eigenvalue weighted by Crippen LogP contribution is -2.27. The molecule has 0 atom stereocenters. The molecule has 0 radical (unpaired) electrons. The molecule has 0 saturated carbocycles. The molecule has 1 aliphatic heterocycles. The van der Waals surface area contributed by atoms with Crippen LogP contribution < -0.4 is 10.9 Å². The summed E-state index contributed by atoms with van der Waals surface area (Å²) in [6, 6.07) is 10.8. The van der Waals surface area contributed by atoms with Gasteiger partial charge < -0.3 is 14.5 Å². The Morgan fingerprint density at radius 1 is 1.09 bits per heavy atom. The Kier molecular flexibility index (Phi) is 4.89. The highest BCUT2D eigenvalue weighted by molar-refractivity contribution is 6.04. The van der Waals surface area contributed by atoms with Crippen molar-refractivity contribution in [3.63, 3.8) is 0 Å². The number of nitrogens with zero attached hydrogens (tertiary/aromatic N) is 5. The Bertz CT molecular complexity index is 1380. The number of carbonyl (C=O) groups is 1. The van der Waals surface area contributed by atoms with Crippen molar-refractivity contribution < 1.29 is 4.79 Å². The van der Waals surface area contributed by atoms with E-state index in [1.54, 1.807) is 31.6 Å². The SMILES string of the molecule is Cc1ccc(-c2cc(C(=O)Nc3cccc(-c4ncc5n4CCC5)n3)c(=O)n(C)c2)cn1. The predicted molar refractivity (Wildman–Crippen MR) is 121 cm³/mol. The lowest BCUT2D eigenvalue weighted by atomic mass is 10.1. The molecule has 0 saturated heterocycles. The predicted octanol–water partition coefficient (Wildman–Crippen LogP) is 3.21. The molecule has 4 aromatic heterocycles. The van der Waals surface area contributed by atoms with Crippen LogP contribution in [0.3, 0.4) is 0 Å². The van der Waals surface area contributed by atoms with Gasteiger partial charge in [0.25, 0.3) is 11.5 Å². The monoisotopic (exact) mass is 426 g/mol. The average Bonchev–Trinajstić information content (AvgIpc) is 3.40. The van der Waals surface area contributed by atoms with Crippen LogP contribution in [0.2, 0.25) is 0 Å². The van der Waals surface area contributed by atoms with Gasteiger partial charge in [0.05, 0.1) is 0 Å². The molecule has 0 aromatic carbocycles. The fourth-order valence-corrected chi connectivity index (χ4v) is 3.97. The van der Waals surface area contributed by atoms with Crippen LogP contribution in [0.25, 0.3) is 22.6 Å². The second kappa shape index (κ2) is 7.88. The molecule has 0 fully saturated rings. The zero-order valence-corrected chi connectivity index (χ0v) is 17.9. The number of hydrogen-bond donors (Lipinski definition) is 1. The number of anilines is 1. The molecule has 5 rings (SSSR count). The van der Waals surface area contributed by atoms with Gasteiger partial charge in [0, 0.05) is 54.7 Å². The van der Waals surface area contributed by atoms with Crippen molar-refractivity contribution in [2.45, 2.75) is 26.3 Å². The number of nitrogens with one attached hydrogen (secondary N) is 1. The Hall–Kier alpha value is -4.07. The summed E-state index contributed by atoms with van der Waals surface area (Å²) in [5.41, 5.74) is 4.00. The second-order valence-electron chi connectivity index (χ2n) is 7.94. The molecule has 8 heteroatoms. The lowest BCUT2D eigenvalue weighted by molar-refractivity contribution is 0.102. The first-order valence-electron chi connectivity index (χ1n) is 10.5. The van der Waals surface area contributed by atoms with Crippen molar-refractivity contribution in [3.05, 3.63) is 82.3 Å². The first-order valence-corrected chi connectivity index (χ1v) is 10.5. The maximum atomic E-state index is 13.0. The van der Waals surface area contributed by atoms with Crippen molar-refractivity contribution in [3.8, 4) is 22.6 Å². The zero-order valence-electron chi connectivity index (χ0n) is 17.9. The Balaban J connectivity index is 1.45. The van der Waals surface area contributed by atoms with Gasteiger partial charge >= 0.3 is 0 Å². The number of carbonyl (C=O) groups excluding carboxylic acids is 1. The molecule has 4 aromatic rings. The zero-order chi connectivity index (χ0) is 22.2. The lowest BCUT2D eigenvalue weighted by Gasteiger charge is -2.10. The van der Waals surface area contributed by atoms with Gasteiger partial charge in [0.15, 0.2) is 5.82 Å². The third-order valence-electron chi connectivity index (χ3n) is 5.65. The summed E-state index contributed by atoms with van der Waals surface area (Å²) >= 11 is 0. The number of hydrogen-bond acceptors (Lipinski definition) is 5. The summed E-state index contributed by atoms with van der Waals surface area (Å²) in [6.45, 7) is 2.82. The third kappa shape index (κ3) is 3.60. The molecule has 1 N–H and O–H groups in total. The van der Waals surface area contributed by atoms with Crippen LogP contribution in [0.15, 0.2) is 59.8 Å². The summed E-state index contributed by atoms with van der Waals surface area (Å²) in [5.74, 6) is 0.649. The number of aromatic nitrogens is 5. The van der Waals surface area contributed by atoms with E-state index in [9.17, 15) is 9.59 Å². The van der Waals surface area contributed by atoms with Crippen LogP contribution in [0.4, 0.5) is 5.82 Å². The standard InChI is InChI=1S/C24H22N6O2/c1-15-8-9-16(12-25-15)17-11-19(24(32)29(2)14-17)23(31)28-21-7-3-6-20(27-21)22-26-13-18-5-4-10-30(18)22/h3,6-9,11-14H,4-5,10H2,1-2H3,(H,27,28,31). The molecule has 1 amide bonds. The summed E-state index contributed by atoms with van der Waals surface area (Å²) in [5, 5.41) is 2.77. The van der Waals surface area contributed by atoms with Gasteiger partial charge in [0.2, 0.25) is 0 Å². The highest BCUT2D eigenvalue weighted by atomic mass is 16.2. The fraction of sp³-hybridized carbons (Fsp3) is 0.208. The van der Waals surface area contributed by atoms with Gasteiger partial charge in [-0.05, 0) is 44.0 Å². The van der Waals surface area contributed by atoms with Crippen LogP contribution in [-0.4, -0.2) is 30.0 Å². The number of fused-ring (bicyclic) bond motifs is 1. The summed E-state index contributed by atoms with van der Waals surface area (Å²) < 4.78 is 3.56. The van der Waals surface area contributed by atoms with Crippen molar-refractivity contribution >= 4 is 11.7 Å². The van der Waals surface area contributed by atoms with Crippen molar-refractivity contribution in [1.29, 1.82) is 0 Å². The van der Waals surface area contributed by atoms with E-state index in [0.717, 1.165) is 42.0 Å². The maximum Gasteiger partial charge on any atom is 0.263 e. The Morgan fingerprint density at radius 3 is 2.78 bits per heavy atom. The van der Waals surface area contributed by atoms with Crippen molar-refractivity contribution in [2.75, 3.05) is 5.32 Å². The first-order chi connectivity index (χ1) is 15.5. The molecule has 5 heterocycles. The molecule has 32 heavy (non-hydrogen) atoms. The van der Waals surface area contributed by atoms with E-state index in [-0.39, 0.29) is 11.1 Å². The van der Waals surface area contributed by atoms with E-state index in [1.165, 1.54) is 10.3 Å². The summed E-state index contributed by atoms with van der Waals surface area (Å²) in [7, 11) is 1.63. The van der Waals surface area contributed by atoms with Gasteiger partial charge in [-0.15, -0.1) is 0 Å². The highest BCUT2D eigenvalue weighted by Crippen LogP contribution is 2.25. The summed E-state index contributed by atoms with van der Waals surface area (Å²) in [4.78, 5) is 39.0. The molecule has 8 nitrogen and oxygen atoms in total. The van der Waals surface area contributed by atoms with Crippen LogP contribution in [-0.2, 0) is 20.0 Å². The second-order valence-corrected chi connectivity index (χ2v) is 7.94. The first kappa shape index (κ1) is 19.9. The molecule has 1 aliphatic rings. The minimum atomic E-state index is -0.509. The minimum absolute atomic E-state index is 0.0412. The van der Waals surface area contributed by atoms with E-state index in [1.807, 2.05) is 37.4 Å². The third-order valence-corrected chi connectivity index (χ3v) is 5.65. The smallest absolute Gasteiger partial charge is 0.263 e. The Labute approximate surface area is 184 Å². The van der Waals surface area contributed by atoms with Crippen LogP contribution in [0.1, 0.15) is 28.2 Å². The van der Waals surface area contributed by atoms with Crippen molar-refractivity contribution in [1.82, 2.24) is 24.1 Å². The minimum Gasteiger partial charge on any atom is -0.327 e. The molecule has 0 spiro atoms. The molecule has 0 bridgehead atoms. The van der Waals surface area contributed by atoms with E-state index in [4.69, 9.17) is 0 Å². The molecule has 0 unspecified atom stereocenters. The number of imidazole rings is 1. The maximum absolute atomic E-state index is 13.0. The molecule has 0 aliphatic carbocycles. The topological polar surface area (TPSA) is 94.7 Å². The highest BCUT2D eigenvalue weighted by Gasteiger charge is 2.19. The fourth-order valence-electron chi connectivity index (χ4n) is 3.97. The van der Waals surface area contributed by atoms with Gasteiger partial charge in [-0.2, -0.15) is 0 Å². The van der Waals surface area contributed by atoms with Crippen molar-refractivity contribution in [2.24, 2.45) is 7.05 Å².